The summed E-state index contributed by atoms with van der Waals surface area (Å²) in [6, 6.07) is 11.5. The first-order chi connectivity index (χ1) is 40.0. The highest BCUT2D eigenvalue weighted by Gasteiger charge is 2.57. The second kappa shape index (κ2) is 25.3. The molecule has 5 heterocycles. The zero-order valence-corrected chi connectivity index (χ0v) is 47.0. The van der Waals surface area contributed by atoms with E-state index in [4.69, 9.17) is 19.2 Å². The lowest BCUT2D eigenvalue weighted by Gasteiger charge is -2.47. The Morgan fingerprint density at radius 2 is 1.39 bits per heavy atom. The molecule has 9 rings (SSSR count). The largest absolute Gasteiger partial charge is 0.462 e. The minimum Gasteiger partial charge on any atom is -0.462 e. The number of nitrogens with one attached hydrogen (secondary N) is 2. The van der Waals surface area contributed by atoms with Gasteiger partial charge in [0.2, 0.25) is 5.91 Å². The minimum absolute atomic E-state index is 0.221. The topological polar surface area (TPSA) is 181 Å². The number of alkyl carbamates (subject to hydrolysis) is 1. The van der Waals surface area contributed by atoms with Crippen LogP contribution in [0.3, 0.4) is 0 Å². The fourth-order valence-corrected chi connectivity index (χ4v) is 10.9. The minimum atomic E-state index is -5.15. The molecule has 5 aliphatic rings. The van der Waals surface area contributed by atoms with Gasteiger partial charge >= 0.3 is 31.0 Å². The SMILES string of the molecule is CC(C)([C@H](CC(=O)OC1CC1)C(=O)NN(Cc1c(F)cc(-c2ccn(C(F)F)n2)cc1F)C[C@H](O)[C@@H](CC(=O)[C@@H](NC(=O)OC1CC1)C(C)(C)C(F)(F)F)Cc1ccc(C#Cc2ccc(N3CC4CCC(C3)N4C3COC3)nc2)cc1)C(F)(F)F. The van der Waals surface area contributed by atoms with Gasteiger partial charge in [-0.2, -0.15) is 40.2 Å². The molecule has 2 saturated carbocycles. The van der Waals surface area contributed by atoms with Gasteiger partial charge in [0.1, 0.15) is 35.7 Å². The van der Waals surface area contributed by atoms with E-state index in [-0.39, 0.29) is 22.4 Å². The first-order valence-corrected chi connectivity index (χ1v) is 28.1. The lowest BCUT2D eigenvalue weighted by Crippen LogP contribution is -2.62. The molecule has 16 nitrogen and oxygen atoms in total. The van der Waals surface area contributed by atoms with Crippen molar-refractivity contribution in [2.24, 2.45) is 22.7 Å². The molecular formula is C59H66F10N8O8. The normalized spacial score (nSPS) is 20.0. The third kappa shape index (κ3) is 15.1. The molecule has 0 radical (unpaired) electrons. The lowest BCUT2D eigenvalue weighted by atomic mass is 9.75. The molecule has 2 aliphatic carbocycles. The molecule has 2 amide bonds. The van der Waals surface area contributed by atoms with E-state index in [1.165, 1.54) is 0 Å². The van der Waals surface area contributed by atoms with E-state index in [9.17, 15) is 59.4 Å². The van der Waals surface area contributed by atoms with Crippen LogP contribution in [0.1, 0.15) is 108 Å². The zero-order chi connectivity index (χ0) is 61.3. The highest BCUT2D eigenvalue weighted by atomic mass is 19.4. The predicted molar refractivity (Wildman–Crippen MR) is 286 cm³/mol. The number of aromatic nitrogens is 3. The molecule has 4 aromatic rings. The molecule has 2 bridgehead atoms. The molecule has 5 fully saturated rings. The number of hydrazine groups is 1. The number of ketones is 1. The molecule has 460 valence electrons. The van der Waals surface area contributed by atoms with E-state index in [0.29, 0.717) is 105 Å². The number of hydrogen-bond acceptors (Lipinski definition) is 13. The van der Waals surface area contributed by atoms with Crippen molar-refractivity contribution in [1.29, 1.82) is 0 Å². The number of anilines is 1. The van der Waals surface area contributed by atoms with Gasteiger partial charge in [0.25, 0.3) is 0 Å². The van der Waals surface area contributed by atoms with Gasteiger partial charge in [-0.1, -0.05) is 37.8 Å². The summed E-state index contributed by atoms with van der Waals surface area (Å²) >= 11 is 0. The summed E-state index contributed by atoms with van der Waals surface area (Å²) in [6.07, 6.45) is -10.7. The number of amides is 2. The fraction of sp³-hybridized carbons (Fsp3) is 0.559. The van der Waals surface area contributed by atoms with Gasteiger partial charge in [0.15, 0.2) is 5.78 Å². The van der Waals surface area contributed by atoms with Gasteiger partial charge < -0.3 is 29.5 Å². The first kappa shape index (κ1) is 62.7. The Morgan fingerprint density at radius 1 is 0.788 bits per heavy atom. The molecule has 2 aromatic heterocycles. The highest BCUT2D eigenvalue weighted by molar-refractivity contribution is 5.89. The number of nitrogens with zero attached hydrogens (tertiary/aromatic N) is 6. The zero-order valence-electron chi connectivity index (χ0n) is 47.0. The van der Waals surface area contributed by atoms with Gasteiger partial charge in [-0.05, 0) is 113 Å². The van der Waals surface area contributed by atoms with Gasteiger partial charge in [-0.15, -0.1) is 0 Å². The number of ether oxygens (including phenoxy) is 3. The molecule has 26 heteroatoms. The van der Waals surface area contributed by atoms with Crippen LogP contribution in [0.25, 0.3) is 11.3 Å². The number of hydrogen-bond donors (Lipinski definition) is 3. The number of piperazine rings is 1. The predicted octanol–water partition coefficient (Wildman–Crippen LogP) is 9.23. The fourth-order valence-electron chi connectivity index (χ4n) is 10.9. The number of esters is 1. The molecular weight excluding hydrogens is 1140 g/mol. The Morgan fingerprint density at radius 3 is 1.93 bits per heavy atom. The van der Waals surface area contributed by atoms with E-state index in [1.807, 2.05) is 12.1 Å². The number of halogens is 10. The number of rotatable bonds is 23. The molecule has 3 saturated heterocycles. The number of Topliss-reactive ketones (excluding diaryl/α,β-unsaturated/α-hetero) is 1. The van der Waals surface area contributed by atoms with E-state index < -0.39 is 133 Å². The average molecular weight is 1210 g/mol. The quantitative estimate of drug-likeness (QED) is 0.0277. The van der Waals surface area contributed by atoms with Crippen LogP contribution in [0.4, 0.5) is 54.5 Å². The summed E-state index contributed by atoms with van der Waals surface area (Å²) in [5.41, 5.74) is -3.80. The Kier molecular flexibility index (Phi) is 18.6. The van der Waals surface area contributed by atoms with Gasteiger partial charge in [-0.25, -0.2) is 28.3 Å². The molecule has 2 aromatic carbocycles. The monoisotopic (exact) mass is 1200 g/mol. The van der Waals surface area contributed by atoms with Crippen LogP contribution < -0.4 is 15.6 Å². The maximum atomic E-state index is 16.2. The second-order valence-electron chi connectivity index (χ2n) is 23.8. The average Bonchev–Trinajstić information content (AvgIpc) is 2.21. The molecule has 85 heavy (non-hydrogen) atoms. The summed E-state index contributed by atoms with van der Waals surface area (Å²) < 4.78 is 164. The number of aliphatic hydroxyl groups excluding tert-OH is 1. The maximum absolute atomic E-state index is 16.2. The summed E-state index contributed by atoms with van der Waals surface area (Å²) in [7, 11) is 0. The molecule has 6 atom stereocenters. The van der Waals surface area contributed by atoms with Gasteiger partial charge in [-0.3, -0.25) is 24.7 Å². The van der Waals surface area contributed by atoms with Crippen molar-refractivity contribution in [3.63, 3.8) is 0 Å². The number of fused-ring (bicyclic) bond motifs is 2. The Labute approximate surface area is 483 Å². The third-order valence-electron chi connectivity index (χ3n) is 16.7. The first-order valence-electron chi connectivity index (χ1n) is 28.1. The van der Waals surface area contributed by atoms with Crippen LogP contribution in [0.15, 0.2) is 67.0 Å². The van der Waals surface area contributed by atoms with Gasteiger partial charge in [0.05, 0.1) is 54.2 Å². The summed E-state index contributed by atoms with van der Waals surface area (Å²) in [4.78, 5) is 64.3. The number of pyridine rings is 1. The second-order valence-corrected chi connectivity index (χ2v) is 23.8. The van der Waals surface area contributed by atoms with Crippen LogP contribution in [-0.4, -0.2) is 141 Å². The Balaban J connectivity index is 0.998. The van der Waals surface area contributed by atoms with Gasteiger partial charge in [0, 0.05) is 79.3 Å². The van der Waals surface area contributed by atoms with Crippen LogP contribution in [0.2, 0.25) is 0 Å². The van der Waals surface area contributed by atoms with Crippen molar-refractivity contribution in [2.45, 2.75) is 153 Å². The molecule has 2 unspecified atom stereocenters. The maximum Gasteiger partial charge on any atom is 0.408 e. The number of carbonyl (C=O) groups is 4. The number of alkyl halides is 8. The van der Waals surface area contributed by atoms with Crippen molar-refractivity contribution in [2.75, 3.05) is 37.7 Å². The van der Waals surface area contributed by atoms with E-state index in [2.05, 4.69) is 37.5 Å². The molecule has 0 spiro atoms. The van der Waals surface area contributed by atoms with Crippen molar-refractivity contribution in [1.82, 2.24) is 35.4 Å². The van der Waals surface area contributed by atoms with E-state index >= 15 is 8.78 Å². The van der Waals surface area contributed by atoms with Crippen LogP contribution in [0, 0.1) is 46.1 Å². The van der Waals surface area contributed by atoms with Crippen LogP contribution in [-0.2, 0) is 41.6 Å². The van der Waals surface area contributed by atoms with E-state index in [0.717, 1.165) is 57.2 Å². The smallest absolute Gasteiger partial charge is 0.408 e. The standard InChI is InChI=1S/C59H66F10N8O8/c1-56(2,58(64,65)66)44(25-51(80)84-41-14-15-41)53(81)73-75(29-43-45(60)22-36(23-46(43)61)47-19-20-76(72-47)54(62)63)30-49(79)37(24-48(78)52(57(3,4)59(67,68)69)71-55(82)85-42-16-17-42)21-34-8-5-33(6-9-34)7-10-35-11-18-50(70-26-35)74-27-38-12-13-39(28-74)77(38)40-31-83-32-40/h5-6,8-9,11,18-20,22-23,26,37-42,44,49,52,54,79H,12-17,21,24-25,27-32H2,1-4H3,(H,71,82)(H,73,81)/t37-,38?,39?,44-,49+,52-/m1/s1. The summed E-state index contributed by atoms with van der Waals surface area (Å²) in [5.74, 6) is -3.52. The van der Waals surface area contributed by atoms with Crippen molar-refractivity contribution < 1.29 is 82.4 Å². The summed E-state index contributed by atoms with van der Waals surface area (Å²) in [5, 5.41) is 18.6. The number of benzene rings is 2. The Hall–Kier alpha value is -6.82. The molecule has 3 aliphatic heterocycles. The van der Waals surface area contributed by atoms with Crippen LogP contribution >= 0.6 is 0 Å². The Bertz CT molecular complexity index is 3080. The number of carbonyl (C=O) groups excluding carboxylic acids is 4. The van der Waals surface area contributed by atoms with Crippen molar-refractivity contribution in [3.8, 4) is 23.1 Å². The van der Waals surface area contributed by atoms with E-state index in [1.54, 1.807) is 30.5 Å². The third-order valence-corrected chi connectivity index (χ3v) is 16.7. The summed E-state index contributed by atoms with van der Waals surface area (Å²) in [6.45, 7) is 0.636. The highest BCUT2D eigenvalue weighted by Crippen LogP contribution is 2.46. The molecule has 3 N–H and O–H groups in total. The van der Waals surface area contributed by atoms with Crippen molar-refractivity contribution >= 4 is 29.6 Å². The number of aliphatic hydroxyl groups is 1. The van der Waals surface area contributed by atoms with Crippen molar-refractivity contribution in [3.05, 3.63) is 101 Å². The van der Waals surface area contributed by atoms with Crippen LogP contribution in [0.5, 0.6) is 0 Å². The lowest BCUT2D eigenvalue weighted by molar-refractivity contribution is -0.231.